The first-order valence-corrected chi connectivity index (χ1v) is 11.5. The maximum absolute atomic E-state index is 13.9. The summed E-state index contributed by atoms with van der Waals surface area (Å²) in [6, 6.07) is 2.76. The highest BCUT2D eigenvalue weighted by Gasteiger charge is 2.35. The summed E-state index contributed by atoms with van der Waals surface area (Å²) in [5, 5.41) is 2.52. The van der Waals surface area contributed by atoms with Crippen molar-refractivity contribution in [2.24, 2.45) is 0 Å². The molecule has 0 spiro atoms. The average Bonchev–Trinajstić information content (AvgIpc) is 2.70. The van der Waals surface area contributed by atoms with E-state index in [0.717, 1.165) is 37.8 Å². The fourth-order valence-electron chi connectivity index (χ4n) is 3.54. The van der Waals surface area contributed by atoms with E-state index in [1.807, 2.05) is 0 Å². The van der Waals surface area contributed by atoms with Crippen LogP contribution in [-0.4, -0.2) is 12.5 Å². The van der Waals surface area contributed by atoms with Crippen molar-refractivity contribution in [1.29, 1.82) is 0 Å². The van der Waals surface area contributed by atoms with Gasteiger partial charge in [0.15, 0.2) is 0 Å². The van der Waals surface area contributed by atoms with Gasteiger partial charge in [-0.15, -0.1) is 0 Å². The van der Waals surface area contributed by atoms with E-state index in [4.69, 9.17) is 0 Å². The van der Waals surface area contributed by atoms with E-state index in [-0.39, 0.29) is 0 Å². The summed E-state index contributed by atoms with van der Waals surface area (Å²) >= 11 is 0. The van der Waals surface area contributed by atoms with Gasteiger partial charge in [0, 0.05) is 6.54 Å². The third-order valence-electron chi connectivity index (χ3n) is 5.36. The van der Waals surface area contributed by atoms with Gasteiger partial charge in [0.05, 0.1) is 11.1 Å². The van der Waals surface area contributed by atoms with Gasteiger partial charge in [-0.2, -0.15) is 13.2 Å². The average molecular weight is 432 g/mol. The molecule has 1 rings (SSSR count). The molecule has 1 aromatic carbocycles. The van der Waals surface area contributed by atoms with Gasteiger partial charge in [-0.1, -0.05) is 96.5 Å². The molecule has 0 saturated carbocycles. The first-order valence-electron chi connectivity index (χ1n) is 11.5. The van der Waals surface area contributed by atoms with Crippen molar-refractivity contribution in [2.75, 3.05) is 6.54 Å². The topological polar surface area (TPSA) is 29.1 Å². The first kappa shape index (κ1) is 26.4. The summed E-state index contributed by atoms with van der Waals surface area (Å²) in [5.41, 5.74) is -1.97. The van der Waals surface area contributed by atoms with E-state index in [1.54, 1.807) is 0 Å². The Morgan fingerprint density at radius 1 is 0.800 bits per heavy atom. The second-order valence-electron chi connectivity index (χ2n) is 8.02. The lowest BCUT2D eigenvalue weighted by molar-refractivity contribution is -0.140. The molecule has 0 atom stereocenters. The van der Waals surface area contributed by atoms with Crippen LogP contribution in [0.3, 0.4) is 0 Å². The Kier molecular flexibility index (Phi) is 13.4. The summed E-state index contributed by atoms with van der Waals surface area (Å²) in [5.74, 6) is -2.31. The molecule has 0 radical (unpaired) electrons. The molecule has 1 N–H and O–H groups in total. The third kappa shape index (κ3) is 11.0. The predicted octanol–water partition coefficient (Wildman–Crippen LogP) is 8.06. The standard InChI is InChI=1S/C24H37F4NO/c1-2-3-4-5-6-7-8-9-10-11-12-13-14-15-19-29-23(30)20-17-16-18-21(22(20)25)24(26,27)28/h16-18H,2-15,19H2,1H3,(H,29,30). The second-order valence-corrected chi connectivity index (χ2v) is 8.02. The number of amides is 1. The maximum atomic E-state index is 13.9. The number of unbranched alkanes of at least 4 members (excludes halogenated alkanes) is 13. The van der Waals surface area contributed by atoms with Crippen LogP contribution < -0.4 is 5.32 Å². The van der Waals surface area contributed by atoms with Crippen molar-refractivity contribution >= 4 is 5.91 Å². The van der Waals surface area contributed by atoms with Gasteiger partial charge >= 0.3 is 6.18 Å². The Balaban J connectivity index is 2.04. The fourth-order valence-corrected chi connectivity index (χ4v) is 3.54. The van der Waals surface area contributed by atoms with Crippen LogP contribution in [0.15, 0.2) is 18.2 Å². The minimum atomic E-state index is -4.81. The number of halogens is 4. The SMILES string of the molecule is CCCCCCCCCCCCCCCCNC(=O)c1cccc(C(F)(F)F)c1F. The van der Waals surface area contributed by atoms with Crippen molar-refractivity contribution in [1.82, 2.24) is 5.32 Å². The monoisotopic (exact) mass is 431 g/mol. The van der Waals surface area contributed by atoms with Crippen LogP contribution in [0.5, 0.6) is 0 Å². The lowest BCUT2D eigenvalue weighted by Crippen LogP contribution is -2.26. The number of nitrogens with one attached hydrogen (secondary N) is 1. The minimum Gasteiger partial charge on any atom is -0.352 e. The van der Waals surface area contributed by atoms with Gasteiger partial charge in [-0.05, 0) is 18.6 Å². The van der Waals surface area contributed by atoms with Crippen LogP contribution in [0, 0.1) is 5.82 Å². The first-order chi connectivity index (χ1) is 14.4. The lowest BCUT2D eigenvalue weighted by Gasteiger charge is -2.11. The van der Waals surface area contributed by atoms with Gasteiger partial charge in [0.25, 0.3) is 5.91 Å². The molecule has 0 aliphatic heterocycles. The van der Waals surface area contributed by atoms with Gasteiger partial charge in [-0.25, -0.2) is 4.39 Å². The smallest absolute Gasteiger partial charge is 0.352 e. The van der Waals surface area contributed by atoms with Gasteiger partial charge in [0.2, 0.25) is 0 Å². The summed E-state index contributed by atoms with van der Waals surface area (Å²) in [4.78, 5) is 12.0. The number of carbonyl (C=O) groups is 1. The Morgan fingerprint density at radius 3 is 1.73 bits per heavy atom. The van der Waals surface area contributed by atoms with E-state index >= 15 is 0 Å². The van der Waals surface area contributed by atoms with Crippen LogP contribution in [0.25, 0.3) is 0 Å². The zero-order valence-corrected chi connectivity index (χ0v) is 18.3. The molecule has 0 heterocycles. The van der Waals surface area contributed by atoms with E-state index in [1.165, 1.54) is 64.2 Å². The Morgan fingerprint density at radius 2 is 1.27 bits per heavy atom. The van der Waals surface area contributed by atoms with Crippen LogP contribution in [0.1, 0.15) is 113 Å². The molecule has 172 valence electrons. The molecule has 0 aliphatic rings. The second kappa shape index (κ2) is 15.2. The van der Waals surface area contributed by atoms with E-state index in [0.29, 0.717) is 12.6 Å². The molecule has 2 nitrogen and oxygen atoms in total. The maximum Gasteiger partial charge on any atom is 0.419 e. The van der Waals surface area contributed by atoms with Crippen LogP contribution >= 0.6 is 0 Å². The van der Waals surface area contributed by atoms with Crippen molar-refractivity contribution < 1.29 is 22.4 Å². The van der Waals surface area contributed by atoms with Gasteiger partial charge in [-0.3, -0.25) is 4.79 Å². The third-order valence-corrected chi connectivity index (χ3v) is 5.36. The van der Waals surface area contributed by atoms with Crippen molar-refractivity contribution in [3.8, 4) is 0 Å². The molecule has 1 aromatic rings. The van der Waals surface area contributed by atoms with Crippen LogP contribution in [0.4, 0.5) is 17.6 Å². The van der Waals surface area contributed by atoms with Crippen molar-refractivity contribution in [2.45, 2.75) is 103 Å². The number of benzene rings is 1. The summed E-state index contributed by atoms with van der Waals surface area (Å²) in [6.07, 6.45) is 12.3. The van der Waals surface area contributed by atoms with E-state index in [2.05, 4.69) is 12.2 Å². The van der Waals surface area contributed by atoms with Crippen LogP contribution in [0.2, 0.25) is 0 Å². The predicted molar refractivity (Wildman–Crippen MR) is 114 cm³/mol. The molecule has 0 bridgehead atoms. The fraction of sp³-hybridized carbons (Fsp3) is 0.708. The molecule has 0 fully saturated rings. The number of rotatable bonds is 16. The zero-order valence-electron chi connectivity index (χ0n) is 18.3. The number of carbonyl (C=O) groups excluding carboxylic acids is 1. The number of hydrogen-bond donors (Lipinski definition) is 1. The van der Waals surface area contributed by atoms with Gasteiger partial charge < -0.3 is 5.32 Å². The highest BCUT2D eigenvalue weighted by atomic mass is 19.4. The molecule has 30 heavy (non-hydrogen) atoms. The lowest BCUT2D eigenvalue weighted by atomic mass is 10.0. The molecule has 0 saturated heterocycles. The van der Waals surface area contributed by atoms with Crippen molar-refractivity contribution in [3.63, 3.8) is 0 Å². The molecule has 6 heteroatoms. The minimum absolute atomic E-state index is 0.340. The molecular weight excluding hydrogens is 394 g/mol. The largest absolute Gasteiger partial charge is 0.419 e. The zero-order chi connectivity index (χ0) is 22.2. The van der Waals surface area contributed by atoms with Crippen molar-refractivity contribution in [3.05, 3.63) is 35.1 Å². The quantitative estimate of drug-likeness (QED) is 0.208. The summed E-state index contributed by atoms with van der Waals surface area (Å²) in [7, 11) is 0. The summed E-state index contributed by atoms with van der Waals surface area (Å²) < 4.78 is 52.1. The molecule has 1 amide bonds. The van der Waals surface area contributed by atoms with Crippen LogP contribution in [-0.2, 0) is 6.18 Å². The summed E-state index contributed by atoms with van der Waals surface area (Å²) in [6.45, 7) is 2.57. The Hall–Kier alpha value is -1.59. The Bertz CT molecular complexity index is 601. The highest BCUT2D eigenvalue weighted by molar-refractivity contribution is 5.94. The number of alkyl halides is 3. The Labute approximate surface area is 178 Å². The molecule has 0 aliphatic carbocycles. The highest BCUT2D eigenvalue weighted by Crippen LogP contribution is 2.32. The molecule has 0 unspecified atom stereocenters. The number of hydrogen-bond acceptors (Lipinski definition) is 1. The van der Waals surface area contributed by atoms with E-state index < -0.39 is 29.0 Å². The van der Waals surface area contributed by atoms with E-state index in [9.17, 15) is 22.4 Å². The molecule has 0 aromatic heterocycles. The van der Waals surface area contributed by atoms with Gasteiger partial charge in [0.1, 0.15) is 5.82 Å². The molecular formula is C24H37F4NO. The normalized spacial score (nSPS) is 11.6.